The third-order valence-corrected chi connectivity index (χ3v) is 4.04. The van der Waals surface area contributed by atoms with Crippen LogP contribution in [-0.2, 0) is 4.74 Å². The van der Waals surface area contributed by atoms with E-state index in [1.807, 2.05) is 18.2 Å². The lowest BCUT2D eigenvalue weighted by molar-refractivity contribution is 0.0596. The Labute approximate surface area is 130 Å². The zero-order valence-corrected chi connectivity index (χ0v) is 12.8. The quantitative estimate of drug-likeness (QED) is 0.748. The standard InChI is InChI=1S/C15H13N3O3S/c1-20-13-10(14(19)21-2)5-9(7-17-13)8-3-4-11-12(6-8)22-15(16)18-11/h3-7H,1-2H3,(H2,16,18). The maximum absolute atomic E-state index is 11.8. The Morgan fingerprint density at radius 3 is 2.77 bits per heavy atom. The Morgan fingerprint density at radius 2 is 2.05 bits per heavy atom. The van der Waals surface area contributed by atoms with Gasteiger partial charge in [0, 0.05) is 11.8 Å². The van der Waals surface area contributed by atoms with Crippen molar-refractivity contribution >= 4 is 32.7 Å². The number of esters is 1. The summed E-state index contributed by atoms with van der Waals surface area (Å²) in [5.41, 5.74) is 8.55. The van der Waals surface area contributed by atoms with Gasteiger partial charge in [-0.25, -0.2) is 14.8 Å². The number of thiazole rings is 1. The maximum Gasteiger partial charge on any atom is 0.343 e. The molecule has 3 aromatic rings. The van der Waals surface area contributed by atoms with E-state index in [2.05, 4.69) is 9.97 Å². The summed E-state index contributed by atoms with van der Waals surface area (Å²) >= 11 is 1.41. The molecule has 6 nitrogen and oxygen atoms in total. The molecule has 0 unspecified atom stereocenters. The molecule has 0 bridgehead atoms. The molecule has 0 aliphatic heterocycles. The summed E-state index contributed by atoms with van der Waals surface area (Å²) in [4.78, 5) is 20.2. The van der Waals surface area contributed by atoms with Crippen LogP contribution < -0.4 is 10.5 Å². The van der Waals surface area contributed by atoms with Gasteiger partial charge in [-0.15, -0.1) is 0 Å². The number of pyridine rings is 1. The number of benzene rings is 1. The Kier molecular flexibility index (Phi) is 3.64. The summed E-state index contributed by atoms with van der Waals surface area (Å²) in [6, 6.07) is 7.46. The summed E-state index contributed by atoms with van der Waals surface area (Å²) in [5, 5.41) is 0.523. The van der Waals surface area contributed by atoms with Crippen molar-refractivity contribution in [2.45, 2.75) is 0 Å². The van der Waals surface area contributed by atoms with Crippen LogP contribution in [0.3, 0.4) is 0 Å². The molecule has 0 radical (unpaired) electrons. The van der Waals surface area contributed by atoms with Gasteiger partial charge in [-0.2, -0.15) is 0 Å². The molecule has 2 aromatic heterocycles. The van der Waals surface area contributed by atoms with Crippen molar-refractivity contribution in [2.75, 3.05) is 20.0 Å². The van der Waals surface area contributed by atoms with E-state index < -0.39 is 5.97 Å². The highest BCUT2D eigenvalue weighted by Crippen LogP contribution is 2.30. The van der Waals surface area contributed by atoms with Crippen LogP contribution in [0, 0.1) is 0 Å². The van der Waals surface area contributed by atoms with Gasteiger partial charge < -0.3 is 15.2 Å². The van der Waals surface area contributed by atoms with Gasteiger partial charge in [0.15, 0.2) is 5.13 Å². The first kappa shape index (κ1) is 14.3. The van der Waals surface area contributed by atoms with Crippen LogP contribution in [-0.4, -0.2) is 30.2 Å². The van der Waals surface area contributed by atoms with Crippen LogP contribution in [0.1, 0.15) is 10.4 Å². The Balaban J connectivity index is 2.11. The summed E-state index contributed by atoms with van der Waals surface area (Å²) in [6.45, 7) is 0. The Morgan fingerprint density at radius 1 is 1.23 bits per heavy atom. The van der Waals surface area contributed by atoms with E-state index >= 15 is 0 Å². The normalized spacial score (nSPS) is 10.6. The number of carbonyl (C=O) groups is 1. The fourth-order valence-electron chi connectivity index (χ4n) is 2.15. The third kappa shape index (κ3) is 2.46. The van der Waals surface area contributed by atoms with Crippen molar-refractivity contribution in [3.05, 3.63) is 36.0 Å². The first-order valence-electron chi connectivity index (χ1n) is 6.41. The molecule has 0 aliphatic rings. The predicted octanol–water partition coefficient (Wildman–Crippen LogP) is 2.74. The summed E-state index contributed by atoms with van der Waals surface area (Å²) in [6.07, 6.45) is 1.65. The van der Waals surface area contributed by atoms with Gasteiger partial charge in [0.1, 0.15) is 5.56 Å². The second-order valence-electron chi connectivity index (χ2n) is 4.51. The second-order valence-corrected chi connectivity index (χ2v) is 5.57. The number of rotatable bonds is 3. The number of ether oxygens (including phenoxy) is 2. The molecular formula is C15H13N3O3S. The number of hydrogen-bond acceptors (Lipinski definition) is 7. The Bertz CT molecular complexity index is 860. The number of aromatic nitrogens is 2. The highest BCUT2D eigenvalue weighted by Gasteiger charge is 2.16. The first-order valence-corrected chi connectivity index (χ1v) is 7.23. The lowest BCUT2D eigenvalue weighted by Crippen LogP contribution is -2.05. The molecular weight excluding hydrogens is 302 g/mol. The zero-order chi connectivity index (χ0) is 15.7. The number of methoxy groups -OCH3 is 2. The molecule has 22 heavy (non-hydrogen) atoms. The lowest BCUT2D eigenvalue weighted by atomic mass is 10.1. The molecule has 1 aromatic carbocycles. The summed E-state index contributed by atoms with van der Waals surface area (Å²) in [5.74, 6) is -0.256. The van der Waals surface area contributed by atoms with Crippen LogP contribution in [0.5, 0.6) is 5.88 Å². The number of nitrogens with zero attached hydrogens (tertiary/aromatic N) is 2. The van der Waals surface area contributed by atoms with Gasteiger partial charge in [0.2, 0.25) is 5.88 Å². The largest absolute Gasteiger partial charge is 0.480 e. The van der Waals surface area contributed by atoms with Crippen molar-refractivity contribution in [3.63, 3.8) is 0 Å². The maximum atomic E-state index is 11.8. The van der Waals surface area contributed by atoms with Crippen LogP contribution in [0.25, 0.3) is 21.3 Å². The van der Waals surface area contributed by atoms with Gasteiger partial charge in [0.25, 0.3) is 0 Å². The average Bonchev–Trinajstić information content (AvgIpc) is 2.92. The monoisotopic (exact) mass is 315 g/mol. The van der Waals surface area contributed by atoms with Gasteiger partial charge in [0.05, 0.1) is 24.4 Å². The van der Waals surface area contributed by atoms with Crippen molar-refractivity contribution in [1.29, 1.82) is 0 Å². The number of anilines is 1. The van der Waals surface area contributed by atoms with E-state index in [1.165, 1.54) is 25.6 Å². The number of carbonyl (C=O) groups excluding carboxylic acids is 1. The van der Waals surface area contributed by atoms with Crippen molar-refractivity contribution < 1.29 is 14.3 Å². The van der Waals surface area contributed by atoms with Crippen molar-refractivity contribution in [3.8, 4) is 17.0 Å². The summed E-state index contributed by atoms with van der Waals surface area (Å²) in [7, 11) is 2.78. The smallest absolute Gasteiger partial charge is 0.343 e. The van der Waals surface area contributed by atoms with E-state index in [0.29, 0.717) is 5.13 Å². The number of fused-ring (bicyclic) bond motifs is 1. The molecule has 3 rings (SSSR count). The topological polar surface area (TPSA) is 87.3 Å². The minimum absolute atomic E-state index is 0.235. The van der Waals surface area contributed by atoms with Crippen molar-refractivity contribution in [2.24, 2.45) is 0 Å². The molecule has 0 fully saturated rings. The van der Waals surface area contributed by atoms with Crippen LogP contribution >= 0.6 is 11.3 Å². The first-order chi connectivity index (χ1) is 10.6. The average molecular weight is 315 g/mol. The molecule has 0 amide bonds. The molecule has 0 spiro atoms. The van der Waals surface area contributed by atoms with Gasteiger partial charge in [-0.3, -0.25) is 0 Å². The van der Waals surface area contributed by atoms with Crippen LogP contribution in [0.2, 0.25) is 0 Å². The Hall–Kier alpha value is -2.67. The lowest BCUT2D eigenvalue weighted by Gasteiger charge is -2.08. The van der Waals surface area contributed by atoms with Crippen LogP contribution in [0.4, 0.5) is 5.13 Å². The zero-order valence-electron chi connectivity index (χ0n) is 12.0. The summed E-state index contributed by atoms with van der Waals surface area (Å²) < 4.78 is 10.8. The number of nitrogen functional groups attached to an aromatic ring is 1. The van der Waals surface area contributed by atoms with E-state index in [0.717, 1.165) is 21.3 Å². The SMILES string of the molecule is COC(=O)c1cc(-c2ccc3nc(N)sc3c2)cnc1OC. The van der Waals surface area contributed by atoms with Gasteiger partial charge >= 0.3 is 5.97 Å². The third-order valence-electron chi connectivity index (χ3n) is 3.19. The van der Waals surface area contributed by atoms with E-state index in [-0.39, 0.29) is 11.4 Å². The van der Waals surface area contributed by atoms with Gasteiger partial charge in [-0.1, -0.05) is 17.4 Å². The minimum atomic E-state index is -0.491. The fourth-order valence-corrected chi connectivity index (χ4v) is 2.92. The van der Waals surface area contributed by atoms with Gasteiger partial charge in [-0.05, 0) is 23.8 Å². The molecule has 112 valence electrons. The molecule has 2 N–H and O–H groups in total. The van der Waals surface area contributed by atoms with E-state index in [9.17, 15) is 4.79 Å². The highest BCUT2D eigenvalue weighted by atomic mass is 32.1. The molecule has 7 heteroatoms. The second kappa shape index (κ2) is 5.61. The number of nitrogens with two attached hydrogens (primary N) is 1. The fraction of sp³-hybridized carbons (Fsp3) is 0.133. The number of hydrogen-bond donors (Lipinski definition) is 1. The van der Waals surface area contributed by atoms with E-state index in [1.54, 1.807) is 12.3 Å². The molecule has 2 heterocycles. The minimum Gasteiger partial charge on any atom is -0.480 e. The molecule has 0 saturated heterocycles. The molecule has 0 aliphatic carbocycles. The molecule has 0 atom stereocenters. The van der Waals surface area contributed by atoms with Crippen molar-refractivity contribution in [1.82, 2.24) is 9.97 Å². The highest BCUT2D eigenvalue weighted by molar-refractivity contribution is 7.22. The predicted molar refractivity (Wildman–Crippen MR) is 85.2 cm³/mol. The molecule has 0 saturated carbocycles. The van der Waals surface area contributed by atoms with E-state index in [4.69, 9.17) is 15.2 Å². The van der Waals surface area contributed by atoms with Crippen LogP contribution in [0.15, 0.2) is 30.5 Å².